The molecule has 0 saturated heterocycles. The summed E-state index contributed by atoms with van der Waals surface area (Å²) in [7, 11) is -2.49. The van der Waals surface area contributed by atoms with Crippen LogP contribution >= 0.6 is 15.9 Å². The van der Waals surface area contributed by atoms with E-state index in [-0.39, 0.29) is 0 Å². The lowest BCUT2D eigenvalue weighted by Gasteiger charge is -2.18. The summed E-state index contributed by atoms with van der Waals surface area (Å²) in [4.78, 5) is 23.3. The number of hydrogen-bond acceptors (Lipinski definition) is 6. The topological polar surface area (TPSA) is 71.1 Å². The maximum atomic E-state index is 11.7. The standard InChI is InChI=1S/C20H24O3Si.C15H15BrO3.C5H10Si/c1-20(2,3)23-19(21)22-18-10-9-16-13-15(7-8-17(16)14-18)11-12-24(4,5)6;1-15(2,3)19-14(17)18-13-7-5-10-8-12(16)6-4-11(10)9-13;1-5-6(2,3)4/h7-10,13-14H,1-6H3;4-9H,1-3H3;1H,2-4H3. The highest BCUT2D eigenvalue weighted by atomic mass is 79.9. The number of hydrogen-bond donors (Lipinski definition) is 0. The molecule has 0 N–H and O–H groups in total. The highest BCUT2D eigenvalue weighted by Gasteiger charge is 2.19. The normalized spacial score (nSPS) is 11.3. The molecule has 4 aromatic carbocycles. The van der Waals surface area contributed by atoms with Crippen molar-refractivity contribution in [3.05, 3.63) is 82.8 Å². The molecule has 0 unspecified atom stereocenters. The van der Waals surface area contributed by atoms with Crippen molar-refractivity contribution in [2.75, 3.05) is 0 Å². The Morgan fingerprint density at radius 3 is 1.41 bits per heavy atom. The quantitative estimate of drug-likeness (QED) is 0.0877. The lowest BCUT2D eigenvalue weighted by Crippen LogP contribution is -2.25. The molecule has 0 saturated carbocycles. The van der Waals surface area contributed by atoms with E-state index in [2.05, 4.69) is 78.3 Å². The first-order valence-corrected chi connectivity index (χ1v) is 23.8. The lowest BCUT2D eigenvalue weighted by atomic mass is 10.1. The van der Waals surface area contributed by atoms with Crippen molar-refractivity contribution in [3.8, 4) is 34.9 Å². The second kappa shape index (κ2) is 17.1. The summed E-state index contributed by atoms with van der Waals surface area (Å²) < 4.78 is 21.7. The van der Waals surface area contributed by atoms with Crippen LogP contribution in [0.25, 0.3) is 21.5 Å². The second-order valence-corrected chi connectivity index (χ2v) is 25.9. The lowest BCUT2D eigenvalue weighted by molar-refractivity contribution is 0.0193. The van der Waals surface area contributed by atoms with Crippen LogP contribution in [-0.4, -0.2) is 39.7 Å². The van der Waals surface area contributed by atoms with Crippen LogP contribution in [0.2, 0.25) is 39.3 Å². The second-order valence-electron chi connectivity index (χ2n) is 15.4. The number of ether oxygens (including phenoxy) is 4. The Balaban J connectivity index is 0.000000297. The van der Waals surface area contributed by atoms with E-state index < -0.39 is 39.7 Å². The van der Waals surface area contributed by atoms with Crippen molar-refractivity contribution in [2.45, 2.75) is 92.0 Å². The van der Waals surface area contributed by atoms with E-state index >= 15 is 0 Å². The Kier molecular flexibility index (Phi) is 14.3. The monoisotopic (exact) mass is 760 g/mol. The van der Waals surface area contributed by atoms with Gasteiger partial charge in [-0.25, -0.2) is 9.59 Å². The van der Waals surface area contributed by atoms with Crippen LogP contribution in [0.1, 0.15) is 47.1 Å². The smallest absolute Gasteiger partial charge is 0.428 e. The van der Waals surface area contributed by atoms with Gasteiger partial charge in [-0.05, 0) is 112 Å². The number of carbonyl (C=O) groups excluding carboxylic acids is 2. The number of benzene rings is 4. The molecular weight excluding hydrogens is 713 g/mol. The van der Waals surface area contributed by atoms with Crippen LogP contribution < -0.4 is 9.47 Å². The molecule has 9 heteroatoms. The van der Waals surface area contributed by atoms with E-state index in [1.165, 1.54) is 0 Å². The Labute approximate surface area is 303 Å². The van der Waals surface area contributed by atoms with Crippen molar-refractivity contribution in [1.82, 2.24) is 0 Å². The highest BCUT2D eigenvalue weighted by molar-refractivity contribution is 9.10. The molecule has 4 aromatic rings. The number of terminal acetylenes is 1. The molecule has 0 aliphatic carbocycles. The average Bonchev–Trinajstić information content (AvgIpc) is 2.94. The minimum absolute atomic E-state index is 0.470. The van der Waals surface area contributed by atoms with Gasteiger partial charge in [0.25, 0.3) is 0 Å². The van der Waals surface area contributed by atoms with Crippen molar-refractivity contribution in [3.63, 3.8) is 0 Å². The molecule has 0 spiro atoms. The highest BCUT2D eigenvalue weighted by Crippen LogP contribution is 2.25. The van der Waals surface area contributed by atoms with Gasteiger partial charge in [0.05, 0.1) is 0 Å². The molecular formula is C40H49BrO6Si2. The van der Waals surface area contributed by atoms with Gasteiger partial charge < -0.3 is 18.9 Å². The first-order chi connectivity index (χ1) is 22.4. The summed E-state index contributed by atoms with van der Waals surface area (Å²) in [5.74, 6) is 4.20. The van der Waals surface area contributed by atoms with Crippen molar-refractivity contribution < 1.29 is 28.5 Å². The van der Waals surface area contributed by atoms with Gasteiger partial charge in [-0.1, -0.05) is 85.4 Å². The molecule has 0 aliphatic heterocycles. The zero-order valence-corrected chi connectivity index (χ0v) is 34.4. The van der Waals surface area contributed by atoms with Crippen LogP contribution in [-0.2, 0) is 9.47 Å². The number of rotatable bonds is 2. The minimum atomic E-state index is -1.39. The van der Waals surface area contributed by atoms with Gasteiger partial charge >= 0.3 is 12.3 Å². The van der Waals surface area contributed by atoms with Gasteiger partial charge in [-0.15, -0.1) is 17.5 Å². The fourth-order valence-corrected chi connectivity index (χ4v) is 4.52. The molecule has 0 atom stereocenters. The van der Waals surface area contributed by atoms with Gasteiger partial charge in [0, 0.05) is 10.0 Å². The summed E-state index contributed by atoms with van der Waals surface area (Å²) >= 11 is 3.42. The molecule has 6 nitrogen and oxygen atoms in total. The van der Waals surface area contributed by atoms with Crippen LogP contribution in [0.3, 0.4) is 0 Å². The van der Waals surface area contributed by atoms with Crippen molar-refractivity contribution in [2.24, 2.45) is 0 Å². The predicted octanol–water partition coefficient (Wildman–Crippen LogP) is 11.8. The average molecular weight is 762 g/mol. The third kappa shape index (κ3) is 17.3. The third-order valence-electron chi connectivity index (χ3n) is 5.78. The predicted molar refractivity (Wildman–Crippen MR) is 212 cm³/mol. The first kappa shape index (κ1) is 41.1. The third-order valence-corrected chi connectivity index (χ3v) is 8.02. The Morgan fingerprint density at radius 1 is 0.612 bits per heavy atom. The Morgan fingerprint density at radius 2 is 1.00 bits per heavy atom. The summed E-state index contributed by atoms with van der Waals surface area (Å²) in [6.45, 7) is 23.9. The van der Waals surface area contributed by atoms with Gasteiger partial charge in [-0.2, -0.15) is 0 Å². The minimum Gasteiger partial charge on any atom is -0.428 e. The van der Waals surface area contributed by atoms with Crippen molar-refractivity contribution in [1.29, 1.82) is 0 Å². The van der Waals surface area contributed by atoms with Gasteiger partial charge in [0.2, 0.25) is 0 Å². The summed E-state index contributed by atoms with van der Waals surface area (Å²) in [6.07, 6.45) is 3.73. The molecule has 0 bridgehead atoms. The molecule has 0 heterocycles. The molecule has 4 rings (SSSR count). The molecule has 0 aromatic heterocycles. The zero-order chi connectivity index (χ0) is 37.2. The molecule has 0 fully saturated rings. The van der Waals surface area contributed by atoms with E-state index in [1.54, 1.807) is 53.7 Å². The summed E-state index contributed by atoms with van der Waals surface area (Å²) in [6, 6.07) is 22.9. The van der Waals surface area contributed by atoms with Gasteiger partial charge in [0.1, 0.15) is 38.8 Å². The molecule has 0 aliphatic rings. The fourth-order valence-electron chi connectivity index (χ4n) is 3.62. The largest absolute Gasteiger partial charge is 0.514 e. The maximum absolute atomic E-state index is 11.7. The SMILES string of the molecule is C#C[Si](C)(C)C.CC(C)(C)OC(=O)Oc1ccc2cc(Br)ccc2c1.CC(C)(C)OC(=O)Oc1ccc2cc(C#C[Si](C)(C)C)ccc2c1. The zero-order valence-electron chi connectivity index (χ0n) is 30.8. The van der Waals surface area contributed by atoms with E-state index in [0.717, 1.165) is 31.6 Å². The fraction of sp³-hybridized carbons (Fsp3) is 0.350. The van der Waals surface area contributed by atoms with E-state index in [1.807, 2.05) is 54.6 Å². The number of fused-ring (bicyclic) bond motifs is 2. The number of carbonyl (C=O) groups is 2. The van der Waals surface area contributed by atoms with Gasteiger partial charge in [-0.3, -0.25) is 0 Å². The first-order valence-electron chi connectivity index (χ1n) is 16.0. The Bertz CT molecular complexity index is 1870. The van der Waals surface area contributed by atoms with E-state index in [0.29, 0.717) is 11.5 Å². The van der Waals surface area contributed by atoms with Crippen LogP contribution in [0.15, 0.2) is 77.3 Å². The number of halogens is 1. The molecule has 49 heavy (non-hydrogen) atoms. The molecule has 260 valence electrons. The van der Waals surface area contributed by atoms with Crippen LogP contribution in [0, 0.1) is 23.4 Å². The molecule has 0 radical (unpaired) electrons. The van der Waals surface area contributed by atoms with Crippen molar-refractivity contribution >= 4 is 65.9 Å². The van der Waals surface area contributed by atoms with Gasteiger partial charge in [0.15, 0.2) is 0 Å². The van der Waals surface area contributed by atoms with Crippen LogP contribution in [0.5, 0.6) is 11.5 Å². The maximum Gasteiger partial charge on any atom is 0.514 e. The molecule has 0 amide bonds. The summed E-state index contributed by atoms with van der Waals surface area (Å²) in [5, 5.41) is 4.14. The summed E-state index contributed by atoms with van der Waals surface area (Å²) in [5.41, 5.74) is 5.99. The van der Waals surface area contributed by atoms with E-state index in [9.17, 15) is 9.59 Å². The van der Waals surface area contributed by atoms with Crippen LogP contribution in [0.4, 0.5) is 9.59 Å². The Hall–Kier alpha value is -4.03. The van der Waals surface area contributed by atoms with E-state index in [4.69, 9.17) is 25.4 Å².